The summed E-state index contributed by atoms with van der Waals surface area (Å²) in [6.07, 6.45) is -3.43. The van der Waals surface area contributed by atoms with E-state index in [4.69, 9.17) is 0 Å². The molecule has 0 unspecified atom stereocenters. The maximum atomic E-state index is 12.4. The predicted molar refractivity (Wildman–Crippen MR) is 65.3 cm³/mol. The molecule has 1 amide bonds. The van der Waals surface area contributed by atoms with Crippen LogP contribution >= 0.6 is 0 Å². The first-order valence-corrected chi connectivity index (χ1v) is 6.26. The molecule has 1 fully saturated rings. The standard InChI is InChI=1S/C14H16F3NO/c1-8-7-12(8)13(19)18-9(2)10-3-5-11(6-4-10)14(15,16)17/h3-6,8-9,12H,7H2,1-2H3,(H,18,19)/t8-,9+,12-/m1/s1. The minimum absolute atomic E-state index is 0.0140. The van der Waals surface area contributed by atoms with Crippen LogP contribution < -0.4 is 5.32 Å². The summed E-state index contributed by atoms with van der Waals surface area (Å²) in [5.74, 6) is 0.469. The molecule has 1 aromatic carbocycles. The Morgan fingerprint density at radius 1 is 1.32 bits per heavy atom. The lowest BCUT2D eigenvalue weighted by Crippen LogP contribution is -2.28. The number of amides is 1. The average Bonchev–Trinajstić information content (AvgIpc) is 3.05. The Morgan fingerprint density at radius 2 is 1.84 bits per heavy atom. The maximum Gasteiger partial charge on any atom is 0.416 e. The molecule has 1 saturated carbocycles. The van der Waals surface area contributed by atoms with Crippen molar-refractivity contribution in [2.75, 3.05) is 0 Å². The minimum Gasteiger partial charge on any atom is -0.349 e. The molecule has 2 rings (SSSR count). The molecular formula is C14H16F3NO. The van der Waals surface area contributed by atoms with Crippen molar-refractivity contribution in [1.82, 2.24) is 5.32 Å². The Hall–Kier alpha value is -1.52. The molecule has 1 N–H and O–H groups in total. The molecular weight excluding hydrogens is 255 g/mol. The van der Waals surface area contributed by atoms with E-state index in [0.29, 0.717) is 11.5 Å². The van der Waals surface area contributed by atoms with Gasteiger partial charge in [-0.05, 0) is 37.0 Å². The fraction of sp³-hybridized carbons (Fsp3) is 0.500. The van der Waals surface area contributed by atoms with Crippen LogP contribution in [0.4, 0.5) is 13.2 Å². The van der Waals surface area contributed by atoms with Crippen LogP contribution in [0.25, 0.3) is 0 Å². The zero-order chi connectivity index (χ0) is 14.2. The van der Waals surface area contributed by atoms with Crippen LogP contribution in [0.15, 0.2) is 24.3 Å². The molecule has 0 aliphatic heterocycles. The number of alkyl halides is 3. The zero-order valence-electron chi connectivity index (χ0n) is 10.8. The summed E-state index contributed by atoms with van der Waals surface area (Å²) in [4.78, 5) is 11.7. The van der Waals surface area contributed by atoms with Gasteiger partial charge < -0.3 is 5.32 Å². The van der Waals surface area contributed by atoms with E-state index in [1.165, 1.54) is 12.1 Å². The number of carbonyl (C=O) groups is 1. The number of hydrogen-bond acceptors (Lipinski definition) is 1. The van der Waals surface area contributed by atoms with Gasteiger partial charge in [-0.25, -0.2) is 0 Å². The van der Waals surface area contributed by atoms with E-state index in [2.05, 4.69) is 5.32 Å². The molecule has 0 saturated heterocycles. The van der Waals surface area contributed by atoms with Crippen molar-refractivity contribution < 1.29 is 18.0 Å². The van der Waals surface area contributed by atoms with E-state index in [9.17, 15) is 18.0 Å². The summed E-state index contributed by atoms with van der Waals surface area (Å²) in [7, 11) is 0. The van der Waals surface area contributed by atoms with Gasteiger partial charge in [-0.15, -0.1) is 0 Å². The minimum atomic E-state index is -4.32. The fourth-order valence-electron chi connectivity index (χ4n) is 2.05. The van der Waals surface area contributed by atoms with Gasteiger partial charge in [-0.1, -0.05) is 19.1 Å². The molecule has 0 aromatic heterocycles. The van der Waals surface area contributed by atoms with Gasteiger partial charge in [0.2, 0.25) is 5.91 Å². The highest BCUT2D eigenvalue weighted by Gasteiger charge is 2.39. The molecule has 19 heavy (non-hydrogen) atoms. The van der Waals surface area contributed by atoms with Crippen LogP contribution in [0, 0.1) is 11.8 Å². The molecule has 0 bridgehead atoms. The Balaban J connectivity index is 1.99. The van der Waals surface area contributed by atoms with Crippen LogP contribution in [0.5, 0.6) is 0 Å². The SMILES string of the molecule is C[C@H](NC(=O)[C@@H]1C[C@H]1C)c1ccc(C(F)(F)F)cc1. The summed E-state index contributed by atoms with van der Waals surface area (Å²) in [5, 5.41) is 2.83. The quantitative estimate of drug-likeness (QED) is 0.895. The first-order valence-electron chi connectivity index (χ1n) is 6.26. The second-order valence-electron chi connectivity index (χ2n) is 5.17. The predicted octanol–water partition coefficient (Wildman–Crippen LogP) is 3.54. The van der Waals surface area contributed by atoms with Gasteiger partial charge in [0.15, 0.2) is 0 Å². The van der Waals surface area contributed by atoms with Gasteiger partial charge in [-0.2, -0.15) is 13.2 Å². The first kappa shape index (κ1) is 13.9. The van der Waals surface area contributed by atoms with Crippen LogP contribution in [0.1, 0.15) is 37.4 Å². The van der Waals surface area contributed by atoms with E-state index in [1.54, 1.807) is 6.92 Å². The van der Waals surface area contributed by atoms with Crippen molar-refractivity contribution in [3.63, 3.8) is 0 Å². The molecule has 2 nitrogen and oxygen atoms in total. The van der Waals surface area contributed by atoms with Gasteiger partial charge in [0.25, 0.3) is 0 Å². The highest BCUT2D eigenvalue weighted by molar-refractivity contribution is 5.81. The number of rotatable bonds is 3. The highest BCUT2D eigenvalue weighted by atomic mass is 19.4. The molecule has 0 heterocycles. The lowest BCUT2D eigenvalue weighted by Gasteiger charge is -2.15. The van der Waals surface area contributed by atoms with Crippen LogP contribution in [-0.4, -0.2) is 5.91 Å². The summed E-state index contributed by atoms with van der Waals surface area (Å²) in [6, 6.07) is 4.62. The largest absolute Gasteiger partial charge is 0.416 e. The molecule has 0 radical (unpaired) electrons. The molecule has 1 aliphatic carbocycles. The Bertz CT molecular complexity index is 467. The Kier molecular flexibility index (Phi) is 3.56. The zero-order valence-corrected chi connectivity index (χ0v) is 10.8. The third-order valence-corrected chi connectivity index (χ3v) is 3.54. The smallest absolute Gasteiger partial charge is 0.349 e. The van der Waals surface area contributed by atoms with Crippen LogP contribution in [-0.2, 0) is 11.0 Å². The number of hydrogen-bond donors (Lipinski definition) is 1. The van der Waals surface area contributed by atoms with Gasteiger partial charge in [-0.3, -0.25) is 4.79 Å². The van der Waals surface area contributed by atoms with Crippen molar-refractivity contribution in [1.29, 1.82) is 0 Å². The number of halogens is 3. The van der Waals surface area contributed by atoms with E-state index < -0.39 is 11.7 Å². The lowest BCUT2D eigenvalue weighted by molar-refractivity contribution is -0.137. The Labute approximate surface area is 110 Å². The van der Waals surface area contributed by atoms with E-state index in [1.807, 2.05) is 6.92 Å². The maximum absolute atomic E-state index is 12.4. The lowest BCUT2D eigenvalue weighted by atomic mass is 10.1. The van der Waals surface area contributed by atoms with Crippen molar-refractivity contribution in [3.8, 4) is 0 Å². The molecule has 5 heteroatoms. The third-order valence-electron chi connectivity index (χ3n) is 3.54. The van der Waals surface area contributed by atoms with Gasteiger partial charge in [0.1, 0.15) is 0 Å². The van der Waals surface area contributed by atoms with Gasteiger partial charge in [0, 0.05) is 5.92 Å². The van der Waals surface area contributed by atoms with Crippen molar-refractivity contribution in [3.05, 3.63) is 35.4 Å². The monoisotopic (exact) mass is 271 g/mol. The first-order chi connectivity index (χ1) is 8.79. The van der Waals surface area contributed by atoms with E-state index in [0.717, 1.165) is 18.6 Å². The molecule has 1 aromatic rings. The third kappa shape index (κ3) is 3.28. The summed E-state index contributed by atoms with van der Waals surface area (Å²) in [6.45, 7) is 3.78. The topological polar surface area (TPSA) is 29.1 Å². The second kappa shape index (κ2) is 4.87. The van der Waals surface area contributed by atoms with E-state index in [-0.39, 0.29) is 17.9 Å². The second-order valence-corrected chi connectivity index (χ2v) is 5.17. The van der Waals surface area contributed by atoms with Crippen molar-refractivity contribution >= 4 is 5.91 Å². The fourth-order valence-corrected chi connectivity index (χ4v) is 2.05. The van der Waals surface area contributed by atoms with Gasteiger partial charge >= 0.3 is 6.18 Å². The van der Waals surface area contributed by atoms with Gasteiger partial charge in [0.05, 0.1) is 11.6 Å². The van der Waals surface area contributed by atoms with Crippen molar-refractivity contribution in [2.24, 2.45) is 11.8 Å². The average molecular weight is 271 g/mol. The number of benzene rings is 1. The summed E-state index contributed by atoms with van der Waals surface area (Å²) in [5.41, 5.74) is 0.000227. The summed E-state index contributed by atoms with van der Waals surface area (Å²) < 4.78 is 37.3. The van der Waals surface area contributed by atoms with E-state index >= 15 is 0 Å². The molecule has 104 valence electrons. The highest BCUT2D eigenvalue weighted by Crippen LogP contribution is 2.38. The molecule has 0 spiro atoms. The normalized spacial score (nSPS) is 23.8. The number of nitrogens with one attached hydrogen (secondary N) is 1. The number of carbonyl (C=O) groups excluding carboxylic acids is 1. The molecule has 3 atom stereocenters. The Morgan fingerprint density at radius 3 is 2.26 bits per heavy atom. The van der Waals surface area contributed by atoms with Crippen LogP contribution in [0.3, 0.4) is 0 Å². The van der Waals surface area contributed by atoms with Crippen LogP contribution in [0.2, 0.25) is 0 Å². The molecule has 1 aliphatic rings. The summed E-state index contributed by atoms with van der Waals surface area (Å²) >= 11 is 0. The van der Waals surface area contributed by atoms with Crippen molar-refractivity contribution in [2.45, 2.75) is 32.5 Å².